The van der Waals surface area contributed by atoms with Crippen LogP contribution < -0.4 is 0 Å². The van der Waals surface area contributed by atoms with Gasteiger partial charge in [0.15, 0.2) is 0 Å². The van der Waals surface area contributed by atoms with Gasteiger partial charge in [0.05, 0.1) is 0 Å². The lowest BCUT2D eigenvalue weighted by Gasteiger charge is -2.28. The van der Waals surface area contributed by atoms with Gasteiger partial charge in [0.25, 0.3) is 0 Å². The van der Waals surface area contributed by atoms with Crippen LogP contribution in [0.2, 0.25) is 0 Å². The Morgan fingerprint density at radius 1 is 1.27 bits per heavy atom. The summed E-state index contributed by atoms with van der Waals surface area (Å²) in [4.78, 5) is 0. The Morgan fingerprint density at radius 3 is 1.82 bits per heavy atom. The van der Waals surface area contributed by atoms with Crippen LogP contribution in [0.5, 0.6) is 0 Å². The molecule has 2 radical (unpaired) electrons. The fourth-order valence-electron chi connectivity index (χ4n) is 0.609. The Bertz CT molecular complexity index is 90.5. The predicted molar refractivity (Wildman–Crippen MR) is 41.6 cm³/mol. The van der Waals surface area contributed by atoms with E-state index in [9.17, 15) is 0 Å². The third-order valence-electron chi connectivity index (χ3n) is 1.08. The second kappa shape index (κ2) is 5.60. The van der Waals surface area contributed by atoms with Gasteiger partial charge in [0.2, 0.25) is 0 Å². The molecule has 2 N–H and O–H groups in total. The van der Waals surface area contributed by atoms with Gasteiger partial charge in [-0.2, -0.15) is 0 Å². The Labute approximate surface area is 68.1 Å². The van der Waals surface area contributed by atoms with E-state index >= 15 is 0 Å². The van der Waals surface area contributed by atoms with Crippen molar-refractivity contribution in [2.75, 3.05) is 13.2 Å². The number of hydrogen-bond acceptors (Lipinski definition) is 4. The zero-order valence-electron chi connectivity index (χ0n) is 6.78. The summed E-state index contributed by atoms with van der Waals surface area (Å²) in [7, 11) is 1.41. The minimum Gasteiger partial charge on any atom is -0.429 e. The molecule has 62 valence electrons. The van der Waals surface area contributed by atoms with Gasteiger partial charge in [-0.05, 0) is 0 Å². The van der Waals surface area contributed by atoms with Crippen molar-refractivity contribution in [3.8, 4) is 0 Å². The van der Waals surface area contributed by atoms with Crippen LogP contribution in [0.1, 0.15) is 13.8 Å². The van der Waals surface area contributed by atoms with Crippen molar-refractivity contribution in [2.24, 2.45) is 5.41 Å². The molecule has 0 bridgehead atoms. The van der Waals surface area contributed by atoms with Gasteiger partial charge in [-0.25, -0.2) is 0 Å². The molecule has 1 saturated heterocycles. The van der Waals surface area contributed by atoms with Crippen molar-refractivity contribution in [3.05, 3.63) is 0 Å². The number of hydrogen-bond donors (Lipinski definition) is 2. The van der Waals surface area contributed by atoms with Crippen LogP contribution in [0.4, 0.5) is 0 Å². The largest absolute Gasteiger partial charge is 0.488 e. The van der Waals surface area contributed by atoms with E-state index in [0.717, 1.165) is 13.2 Å². The Morgan fingerprint density at radius 2 is 1.64 bits per heavy atom. The molecule has 4 nitrogen and oxygen atoms in total. The van der Waals surface area contributed by atoms with Gasteiger partial charge >= 0.3 is 15.4 Å². The zero-order chi connectivity index (χ0) is 8.74. The first-order chi connectivity index (χ1) is 5.12. The van der Waals surface area contributed by atoms with Crippen molar-refractivity contribution in [1.29, 1.82) is 0 Å². The zero-order valence-corrected chi connectivity index (χ0v) is 6.78. The summed E-state index contributed by atoms with van der Waals surface area (Å²) in [5.41, 5.74) is 0.203. The number of rotatable bonds is 0. The minimum atomic E-state index is 0. The molecule has 1 rings (SSSR count). The summed E-state index contributed by atoms with van der Waals surface area (Å²) in [6, 6.07) is 0. The van der Waals surface area contributed by atoms with E-state index in [0.29, 0.717) is 0 Å². The summed E-state index contributed by atoms with van der Waals surface area (Å²) in [5, 5.41) is 14.0. The van der Waals surface area contributed by atoms with Crippen LogP contribution in [0.25, 0.3) is 0 Å². The van der Waals surface area contributed by atoms with E-state index < -0.39 is 0 Å². The third-order valence-corrected chi connectivity index (χ3v) is 1.08. The highest BCUT2D eigenvalue weighted by Crippen LogP contribution is 2.18. The van der Waals surface area contributed by atoms with Crippen molar-refractivity contribution < 1.29 is 19.4 Å². The lowest BCUT2D eigenvalue weighted by Crippen LogP contribution is -2.33. The van der Waals surface area contributed by atoms with Gasteiger partial charge < -0.3 is 19.4 Å². The first-order valence-electron chi connectivity index (χ1n) is 3.27. The van der Waals surface area contributed by atoms with Crippen molar-refractivity contribution in [1.82, 2.24) is 0 Å². The molecular formula is C5H12B2O4. The third kappa shape index (κ3) is 6.37. The molecule has 1 aliphatic rings. The Balaban J connectivity index is 0.000000292. The molecule has 0 aromatic rings. The summed E-state index contributed by atoms with van der Waals surface area (Å²) in [5.74, 6) is 0. The molecule has 0 saturated carbocycles. The first-order valence-corrected chi connectivity index (χ1v) is 3.27. The van der Waals surface area contributed by atoms with E-state index in [1.165, 1.54) is 7.69 Å². The van der Waals surface area contributed by atoms with Crippen LogP contribution >= 0.6 is 0 Å². The maximum absolute atomic E-state index is 7.00. The Kier molecular flexibility index (Phi) is 5.58. The average molecular weight is 158 g/mol. The van der Waals surface area contributed by atoms with Gasteiger partial charge in [0.1, 0.15) is 0 Å². The topological polar surface area (TPSA) is 58.9 Å². The molecule has 1 heterocycles. The van der Waals surface area contributed by atoms with Crippen LogP contribution in [0, 0.1) is 5.41 Å². The minimum absolute atomic E-state index is 0. The maximum Gasteiger partial charge on any atom is 0.488 e. The van der Waals surface area contributed by atoms with Crippen LogP contribution in [-0.4, -0.2) is 38.6 Å². The van der Waals surface area contributed by atoms with E-state index in [1.807, 2.05) is 0 Å². The van der Waals surface area contributed by atoms with Crippen LogP contribution in [0.3, 0.4) is 0 Å². The monoisotopic (exact) mass is 158 g/mol. The highest BCUT2D eigenvalue weighted by Gasteiger charge is 2.22. The molecule has 0 aliphatic carbocycles. The lowest BCUT2D eigenvalue weighted by atomic mass is 9.94. The molecule has 0 spiro atoms. The second-order valence-corrected chi connectivity index (χ2v) is 3.00. The summed E-state index contributed by atoms with van der Waals surface area (Å²) in [6.07, 6.45) is 0. The highest BCUT2D eigenvalue weighted by molar-refractivity contribution is 6.18. The van der Waals surface area contributed by atoms with Crippen molar-refractivity contribution in [3.63, 3.8) is 0 Å². The molecule has 0 amide bonds. The fourth-order valence-corrected chi connectivity index (χ4v) is 0.609. The van der Waals surface area contributed by atoms with Crippen LogP contribution in [0.15, 0.2) is 0 Å². The molecule has 0 aromatic carbocycles. The molecule has 0 unspecified atom stereocenters. The molecular weight excluding hydrogens is 146 g/mol. The second-order valence-electron chi connectivity index (χ2n) is 3.00. The molecule has 6 heteroatoms. The van der Waals surface area contributed by atoms with Crippen molar-refractivity contribution in [2.45, 2.75) is 13.8 Å². The van der Waals surface area contributed by atoms with E-state index in [2.05, 4.69) is 13.8 Å². The average Bonchev–Trinajstić information content (AvgIpc) is 1.88. The summed E-state index contributed by atoms with van der Waals surface area (Å²) >= 11 is 0. The lowest BCUT2D eigenvalue weighted by molar-refractivity contribution is 0.0431. The Hall–Kier alpha value is -0.0301. The highest BCUT2D eigenvalue weighted by atomic mass is 16.6. The maximum atomic E-state index is 7.00. The standard InChI is InChI=1S/C5H10BO2.BH2O2/c1-5(2)3-7-6-8-4-5;2-1-3/h3-4H2,1-2H3;2-3H. The predicted octanol–water partition coefficient (Wildman–Crippen LogP) is -0.901. The van der Waals surface area contributed by atoms with E-state index in [1.54, 1.807) is 0 Å². The summed E-state index contributed by atoms with van der Waals surface area (Å²) in [6.45, 7) is 5.76. The molecule has 0 aromatic heterocycles. The van der Waals surface area contributed by atoms with Gasteiger partial charge in [-0.1, -0.05) is 13.8 Å². The normalized spacial score (nSPS) is 20.7. The summed E-state index contributed by atoms with van der Waals surface area (Å²) < 4.78 is 9.88. The van der Waals surface area contributed by atoms with Gasteiger partial charge in [0, 0.05) is 18.6 Å². The molecule has 11 heavy (non-hydrogen) atoms. The molecule has 1 fully saturated rings. The van der Waals surface area contributed by atoms with E-state index in [-0.39, 0.29) is 13.1 Å². The first kappa shape index (κ1) is 11.0. The van der Waals surface area contributed by atoms with Crippen molar-refractivity contribution >= 4 is 15.4 Å². The van der Waals surface area contributed by atoms with E-state index in [4.69, 9.17) is 19.4 Å². The quantitative estimate of drug-likeness (QED) is 0.448. The van der Waals surface area contributed by atoms with Gasteiger partial charge in [-0.3, -0.25) is 0 Å². The van der Waals surface area contributed by atoms with Crippen LogP contribution in [-0.2, 0) is 9.31 Å². The van der Waals surface area contributed by atoms with Gasteiger partial charge in [-0.15, -0.1) is 0 Å². The fraction of sp³-hybridized carbons (Fsp3) is 1.00. The SMILES string of the molecule is CC1(C)CO[B]OC1.O[B]O. The smallest absolute Gasteiger partial charge is 0.429 e. The molecule has 0 atom stereocenters. The molecule has 1 aliphatic heterocycles.